The van der Waals surface area contributed by atoms with E-state index < -0.39 is 0 Å². The van der Waals surface area contributed by atoms with E-state index in [0.717, 1.165) is 19.3 Å². The standard InChI is InChI=1S/C17H24O2/c1-15(2)17(18)19-14-10-5-3-4-7-11-16-12-8-6-9-13-16/h6,8-9,12-13H,1,3-5,7,10-11,14H2,2H3. The molecule has 0 fully saturated rings. The first-order valence-corrected chi connectivity index (χ1v) is 7.06. The first kappa shape index (κ1) is 15.5. The first-order valence-electron chi connectivity index (χ1n) is 7.06. The van der Waals surface area contributed by atoms with Crippen LogP contribution in [0.5, 0.6) is 0 Å². The van der Waals surface area contributed by atoms with Gasteiger partial charge >= 0.3 is 5.97 Å². The molecule has 2 heteroatoms. The summed E-state index contributed by atoms with van der Waals surface area (Å²) < 4.78 is 5.04. The maximum atomic E-state index is 11.1. The summed E-state index contributed by atoms with van der Waals surface area (Å²) in [4.78, 5) is 11.1. The lowest BCUT2D eigenvalue weighted by atomic mass is 10.1. The van der Waals surface area contributed by atoms with E-state index in [1.807, 2.05) is 0 Å². The molecule has 2 nitrogen and oxygen atoms in total. The highest BCUT2D eigenvalue weighted by Crippen LogP contribution is 2.09. The van der Waals surface area contributed by atoms with E-state index in [0.29, 0.717) is 12.2 Å². The van der Waals surface area contributed by atoms with Gasteiger partial charge < -0.3 is 4.74 Å². The van der Waals surface area contributed by atoms with Crippen LogP contribution in [0.2, 0.25) is 0 Å². The molecule has 0 heterocycles. The molecule has 0 aliphatic carbocycles. The first-order chi connectivity index (χ1) is 9.20. The zero-order valence-electron chi connectivity index (χ0n) is 11.9. The van der Waals surface area contributed by atoms with Gasteiger partial charge in [0.25, 0.3) is 0 Å². The van der Waals surface area contributed by atoms with Crippen LogP contribution < -0.4 is 0 Å². The van der Waals surface area contributed by atoms with Crippen LogP contribution in [-0.4, -0.2) is 12.6 Å². The average molecular weight is 260 g/mol. The Morgan fingerprint density at radius 1 is 1.05 bits per heavy atom. The predicted molar refractivity (Wildman–Crippen MR) is 79.0 cm³/mol. The molecule has 0 spiro atoms. The Kier molecular flexibility index (Phi) is 7.64. The maximum Gasteiger partial charge on any atom is 0.333 e. The summed E-state index contributed by atoms with van der Waals surface area (Å²) in [6.45, 7) is 5.74. The van der Waals surface area contributed by atoms with E-state index in [-0.39, 0.29) is 5.97 Å². The van der Waals surface area contributed by atoms with Gasteiger partial charge in [0.15, 0.2) is 0 Å². The minimum Gasteiger partial charge on any atom is -0.462 e. The van der Waals surface area contributed by atoms with Crippen molar-refractivity contribution in [2.45, 2.75) is 45.4 Å². The van der Waals surface area contributed by atoms with Crippen LogP contribution in [0.4, 0.5) is 0 Å². The number of unbranched alkanes of at least 4 members (excludes halogenated alkanes) is 4. The van der Waals surface area contributed by atoms with Crippen LogP contribution in [0.3, 0.4) is 0 Å². The van der Waals surface area contributed by atoms with Crippen molar-refractivity contribution in [3.8, 4) is 0 Å². The van der Waals surface area contributed by atoms with E-state index in [9.17, 15) is 4.79 Å². The van der Waals surface area contributed by atoms with Crippen molar-refractivity contribution >= 4 is 5.97 Å². The largest absolute Gasteiger partial charge is 0.462 e. The molecule has 0 amide bonds. The van der Waals surface area contributed by atoms with Gasteiger partial charge in [0.2, 0.25) is 0 Å². The van der Waals surface area contributed by atoms with E-state index in [4.69, 9.17) is 4.74 Å². The fourth-order valence-corrected chi connectivity index (χ4v) is 1.89. The van der Waals surface area contributed by atoms with Crippen molar-refractivity contribution in [3.63, 3.8) is 0 Å². The number of hydrogen-bond donors (Lipinski definition) is 0. The Hall–Kier alpha value is -1.57. The SMILES string of the molecule is C=C(C)C(=O)OCCCCCCCc1ccccc1. The van der Waals surface area contributed by atoms with Crippen LogP contribution >= 0.6 is 0 Å². The fourth-order valence-electron chi connectivity index (χ4n) is 1.89. The molecular weight excluding hydrogens is 236 g/mol. The van der Waals surface area contributed by atoms with Crippen molar-refractivity contribution in [1.29, 1.82) is 0 Å². The van der Waals surface area contributed by atoms with E-state index in [1.165, 1.54) is 24.8 Å². The summed E-state index contributed by atoms with van der Waals surface area (Å²) >= 11 is 0. The lowest BCUT2D eigenvalue weighted by molar-refractivity contribution is -0.139. The molecule has 0 unspecified atom stereocenters. The van der Waals surface area contributed by atoms with Gasteiger partial charge in [-0.05, 0) is 31.7 Å². The highest BCUT2D eigenvalue weighted by molar-refractivity contribution is 5.86. The van der Waals surface area contributed by atoms with Crippen molar-refractivity contribution in [2.24, 2.45) is 0 Å². The van der Waals surface area contributed by atoms with Gasteiger partial charge in [0.1, 0.15) is 0 Å². The zero-order chi connectivity index (χ0) is 13.9. The minimum atomic E-state index is -0.274. The molecule has 0 N–H and O–H groups in total. The van der Waals surface area contributed by atoms with E-state index in [1.54, 1.807) is 6.92 Å². The maximum absolute atomic E-state index is 11.1. The summed E-state index contributed by atoms with van der Waals surface area (Å²) in [5, 5.41) is 0. The Morgan fingerprint density at radius 2 is 1.68 bits per heavy atom. The minimum absolute atomic E-state index is 0.274. The van der Waals surface area contributed by atoms with Gasteiger partial charge in [-0.3, -0.25) is 0 Å². The molecule has 0 bridgehead atoms. The zero-order valence-corrected chi connectivity index (χ0v) is 11.9. The molecule has 0 saturated heterocycles. The Bertz CT molecular complexity index is 382. The highest BCUT2D eigenvalue weighted by Gasteiger charge is 2.01. The third-order valence-corrected chi connectivity index (χ3v) is 3.03. The van der Waals surface area contributed by atoms with Crippen LogP contribution in [0.15, 0.2) is 42.5 Å². The van der Waals surface area contributed by atoms with Crippen molar-refractivity contribution in [3.05, 3.63) is 48.0 Å². The normalized spacial score (nSPS) is 10.2. The second-order valence-electron chi connectivity index (χ2n) is 4.92. The number of aryl methyl sites for hydroxylation is 1. The third-order valence-electron chi connectivity index (χ3n) is 3.03. The van der Waals surface area contributed by atoms with Crippen LogP contribution in [0.1, 0.15) is 44.6 Å². The number of benzene rings is 1. The quantitative estimate of drug-likeness (QED) is 0.376. The smallest absolute Gasteiger partial charge is 0.333 e. The molecule has 0 radical (unpaired) electrons. The van der Waals surface area contributed by atoms with Gasteiger partial charge in [-0.25, -0.2) is 4.79 Å². The van der Waals surface area contributed by atoms with Crippen LogP contribution in [0, 0.1) is 0 Å². The third kappa shape index (κ3) is 7.45. The van der Waals surface area contributed by atoms with E-state index in [2.05, 4.69) is 36.9 Å². The van der Waals surface area contributed by atoms with Gasteiger partial charge in [-0.1, -0.05) is 56.2 Å². The highest BCUT2D eigenvalue weighted by atomic mass is 16.5. The summed E-state index contributed by atoms with van der Waals surface area (Å²) in [6.07, 6.45) is 6.91. The molecule has 0 atom stereocenters. The molecule has 0 aliphatic heterocycles. The van der Waals surface area contributed by atoms with E-state index >= 15 is 0 Å². The van der Waals surface area contributed by atoms with Crippen LogP contribution in [0.25, 0.3) is 0 Å². The number of ether oxygens (including phenoxy) is 1. The molecule has 104 valence electrons. The topological polar surface area (TPSA) is 26.3 Å². The number of esters is 1. The monoisotopic (exact) mass is 260 g/mol. The second kappa shape index (κ2) is 9.37. The summed E-state index contributed by atoms with van der Waals surface area (Å²) in [6, 6.07) is 10.6. The number of carbonyl (C=O) groups is 1. The molecule has 0 aromatic heterocycles. The molecule has 1 rings (SSSR count). The van der Waals surface area contributed by atoms with Crippen molar-refractivity contribution in [2.75, 3.05) is 6.61 Å². The average Bonchev–Trinajstić information content (AvgIpc) is 2.42. The molecule has 1 aromatic rings. The van der Waals surface area contributed by atoms with Crippen LogP contribution in [-0.2, 0) is 16.0 Å². The van der Waals surface area contributed by atoms with Gasteiger partial charge in [0, 0.05) is 5.57 Å². The summed E-state index contributed by atoms with van der Waals surface area (Å²) in [5.74, 6) is -0.274. The lowest BCUT2D eigenvalue weighted by Crippen LogP contribution is -2.05. The molecule has 0 saturated carbocycles. The number of rotatable bonds is 9. The molecule has 1 aromatic carbocycles. The molecular formula is C17H24O2. The molecule has 19 heavy (non-hydrogen) atoms. The van der Waals surface area contributed by atoms with Gasteiger partial charge in [0.05, 0.1) is 6.61 Å². The summed E-state index contributed by atoms with van der Waals surface area (Å²) in [7, 11) is 0. The number of carbonyl (C=O) groups excluding carboxylic acids is 1. The second-order valence-corrected chi connectivity index (χ2v) is 4.92. The number of hydrogen-bond acceptors (Lipinski definition) is 2. The Morgan fingerprint density at radius 3 is 2.37 bits per heavy atom. The summed E-state index contributed by atoms with van der Waals surface area (Å²) in [5.41, 5.74) is 1.89. The molecule has 0 aliphatic rings. The lowest BCUT2D eigenvalue weighted by Gasteiger charge is -2.04. The Balaban J connectivity index is 1.92. The Labute approximate surface area is 116 Å². The fraction of sp³-hybridized carbons (Fsp3) is 0.471. The predicted octanol–water partition coefficient (Wildman–Crippen LogP) is 4.30. The van der Waals surface area contributed by atoms with Gasteiger partial charge in [-0.15, -0.1) is 0 Å². The van der Waals surface area contributed by atoms with Crippen molar-refractivity contribution < 1.29 is 9.53 Å². The van der Waals surface area contributed by atoms with Gasteiger partial charge in [-0.2, -0.15) is 0 Å². The van der Waals surface area contributed by atoms with Crippen molar-refractivity contribution in [1.82, 2.24) is 0 Å².